The molecule has 0 aliphatic carbocycles. The van der Waals surface area contributed by atoms with Crippen molar-refractivity contribution in [3.05, 3.63) is 90.0 Å². The maximum atomic E-state index is 13.6. The summed E-state index contributed by atoms with van der Waals surface area (Å²) in [6, 6.07) is 12.2. The SMILES string of the molecule is OC(c1ccc(F)c(F)c1)c1nc(-c2ccncc2)cc2ncccc12. The number of aromatic nitrogens is 3. The highest BCUT2D eigenvalue weighted by Gasteiger charge is 2.19. The van der Waals surface area contributed by atoms with Crippen molar-refractivity contribution in [3.8, 4) is 11.3 Å². The molecule has 0 amide bonds. The standard InChI is InChI=1S/C20H13F2N3O/c21-15-4-3-13(10-16(15)22)20(26)19-14-2-1-7-24-18(14)11-17(25-19)12-5-8-23-9-6-12/h1-11,20,26H. The zero-order chi connectivity index (χ0) is 18.1. The molecular weight excluding hydrogens is 336 g/mol. The van der Waals surface area contributed by atoms with Gasteiger partial charge in [-0.15, -0.1) is 0 Å². The molecule has 0 fully saturated rings. The summed E-state index contributed by atoms with van der Waals surface area (Å²) in [4.78, 5) is 12.9. The fourth-order valence-electron chi connectivity index (χ4n) is 2.82. The number of halogens is 2. The minimum Gasteiger partial charge on any atom is -0.382 e. The molecule has 4 nitrogen and oxygen atoms in total. The Balaban J connectivity index is 1.91. The van der Waals surface area contributed by atoms with E-state index in [-0.39, 0.29) is 5.56 Å². The van der Waals surface area contributed by atoms with Crippen LogP contribution >= 0.6 is 0 Å². The topological polar surface area (TPSA) is 58.9 Å². The van der Waals surface area contributed by atoms with E-state index < -0.39 is 17.7 Å². The first-order valence-corrected chi connectivity index (χ1v) is 7.92. The van der Waals surface area contributed by atoms with Gasteiger partial charge in [-0.2, -0.15) is 0 Å². The number of nitrogens with zero attached hydrogens (tertiary/aromatic N) is 3. The van der Waals surface area contributed by atoms with E-state index >= 15 is 0 Å². The van der Waals surface area contributed by atoms with Crippen molar-refractivity contribution >= 4 is 10.9 Å². The summed E-state index contributed by atoms with van der Waals surface area (Å²) >= 11 is 0. The van der Waals surface area contributed by atoms with Gasteiger partial charge in [0.25, 0.3) is 0 Å². The molecule has 4 aromatic rings. The van der Waals surface area contributed by atoms with E-state index in [4.69, 9.17) is 0 Å². The Morgan fingerprint density at radius 2 is 1.69 bits per heavy atom. The molecule has 1 N–H and O–H groups in total. The van der Waals surface area contributed by atoms with E-state index in [0.29, 0.717) is 22.3 Å². The number of fused-ring (bicyclic) bond motifs is 1. The van der Waals surface area contributed by atoms with E-state index in [2.05, 4.69) is 15.0 Å². The highest BCUT2D eigenvalue weighted by molar-refractivity contribution is 5.85. The molecule has 0 aliphatic heterocycles. The Bertz CT molecular complexity index is 1090. The van der Waals surface area contributed by atoms with Crippen molar-refractivity contribution in [2.75, 3.05) is 0 Å². The van der Waals surface area contributed by atoms with Gasteiger partial charge in [-0.3, -0.25) is 9.97 Å². The van der Waals surface area contributed by atoms with E-state index in [1.807, 2.05) is 6.07 Å². The molecule has 3 aromatic heterocycles. The van der Waals surface area contributed by atoms with Crippen LogP contribution in [0, 0.1) is 11.6 Å². The Morgan fingerprint density at radius 1 is 0.885 bits per heavy atom. The number of benzene rings is 1. The molecule has 0 aliphatic rings. The molecule has 128 valence electrons. The summed E-state index contributed by atoms with van der Waals surface area (Å²) < 4.78 is 26.8. The molecule has 0 saturated heterocycles. The predicted octanol–water partition coefficient (Wildman–Crippen LogP) is 4.05. The lowest BCUT2D eigenvalue weighted by Crippen LogP contribution is -2.06. The molecule has 0 spiro atoms. The zero-order valence-corrected chi connectivity index (χ0v) is 13.5. The third-order valence-corrected chi connectivity index (χ3v) is 4.12. The Morgan fingerprint density at radius 3 is 2.46 bits per heavy atom. The number of aliphatic hydroxyl groups excluding tert-OH is 1. The molecule has 0 saturated carbocycles. The van der Waals surface area contributed by atoms with Crippen LogP contribution in [0.25, 0.3) is 22.2 Å². The van der Waals surface area contributed by atoms with Crippen molar-refractivity contribution in [1.29, 1.82) is 0 Å². The quantitative estimate of drug-likeness (QED) is 0.606. The van der Waals surface area contributed by atoms with Crippen molar-refractivity contribution in [2.45, 2.75) is 6.10 Å². The van der Waals surface area contributed by atoms with Gasteiger partial charge in [0.1, 0.15) is 6.10 Å². The average molecular weight is 349 g/mol. The number of aliphatic hydroxyl groups is 1. The van der Waals surface area contributed by atoms with Gasteiger partial charge in [0, 0.05) is 29.5 Å². The van der Waals surface area contributed by atoms with Crippen molar-refractivity contribution in [2.24, 2.45) is 0 Å². The number of hydrogen-bond acceptors (Lipinski definition) is 4. The lowest BCUT2D eigenvalue weighted by molar-refractivity contribution is 0.216. The number of pyridine rings is 3. The van der Waals surface area contributed by atoms with E-state index in [9.17, 15) is 13.9 Å². The maximum Gasteiger partial charge on any atom is 0.159 e. The van der Waals surface area contributed by atoms with E-state index in [1.54, 1.807) is 42.9 Å². The van der Waals surface area contributed by atoms with Gasteiger partial charge < -0.3 is 5.11 Å². The smallest absolute Gasteiger partial charge is 0.159 e. The van der Waals surface area contributed by atoms with Gasteiger partial charge in [-0.25, -0.2) is 13.8 Å². The van der Waals surface area contributed by atoms with Gasteiger partial charge in [0.15, 0.2) is 11.6 Å². The van der Waals surface area contributed by atoms with Crippen LogP contribution in [0.15, 0.2) is 67.1 Å². The highest BCUT2D eigenvalue weighted by atomic mass is 19.2. The van der Waals surface area contributed by atoms with Gasteiger partial charge in [-0.05, 0) is 48.0 Å². The molecule has 4 rings (SSSR count). The average Bonchev–Trinajstić information content (AvgIpc) is 2.69. The Kier molecular flexibility index (Phi) is 4.10. The summed E-state index contributed by atoms with van der Waals surface area (Å²) in [6.07, 6.45) is 3.71. The molecule has 1 aromatic carbocycles. The fourth-order valence-corrected chi connectivity index (χ4v) is 2.82. The molecule has 6 heteroatoms. The molecule has 1 unspecified atom stereocenters. The van der Waals surface area contributed by atoms with Crippen LogP contribution in [0.3, 0.4) is 0 Å². The second-order valence-corrected chi connectivity index (χ2v) is 5.77. The van der Waals surface area contributed by atoms with Crippen molar-refractivity contribution in [1.82, 2.24) is 15.0 Å². The summed E-state index contributed by atoms with van der Waals surface area (Å²) in [5.41, 5.74) is 2.61. The van der Waals surface area contributed by atoms with Crippen LogP contribution in [-0.4, -0.2) is 20.1 Å². The largest absolute Gasteiger partial charge is 0.382 e. The first-order chi connectivity index (χ1) is 12.6. The lowest BCUT2D eigenvalue weighted by Gasteiger charge is -2.15. The minimum atomic E-state index is -1.22. The summed E-state index contributed by atoms with van der Waals surface area (Å²) in [7, 11) is 0. The molecule has 1 atom stereocenters. The lowest BCUT2D eigenvalue weighted by atomic mass is 10.0. The Hall–Kier alpha value is -3.25. The first-order valence-electron chi connectivity index (χ1n) is 7.92. The molecule has 3 heterocycles. The number of hydrogen-bond donors (Lipinski definition) is 1. The van der Waals surface area contributed by atoms with Gasteiger partial charge in [-0.1, -0.05) is 6.07 Å². The van der Waals surface area contributed by atoms with Crippen LogP contribution in [0.1, 0.15) is 17.4 Å². The predicted molar refractivity (Wildman–Crippen MR) is 93.2 cm³/mol. The fraction of sp³-hybridized carbons (Fsp3) is 0.0500. The van der Waals surface area contributed by atoms with Crippen LogP contribution < -0.4 is 0 Å². The van der Waals surface area contributed by atoms with Gasteiger partial charge in [0.2, 0.25) is 0 Å². The molecule has 26 heavy (non-hydrogen) atoms. The van der Waals surface area contributed by atoms with E-state index in [0.717, 1.165) is 17.7 Å². The molecular formula is C20H13F2N3O. The maximum absolute atomic E-state index is 13.6. The van der Waals surface area contributed by atoms with Crippen molar-refractivity contribution < 1.29 is 13.9 Å². The van der Waals surface area contributed by atoms with E-state index in [1.165, 1.54) is 6.07 Å². The highest BCUT2D eigenvalue weighted by Crippen LogP contribution is 2.30. The zero-order valence-electron chi connectivity index (χ0n) is 13.5. The van der Waals surface area contributed by atoms with Crippen LogP contribution in [0.2, 0.25) is 0 Å². The van der Waals surface area contributed by atoms with Gasteiger partial charge in [0.05, 0.1) is 16.9 Å². The molecule has 0 bridgehead atoms. The van der Waals surface area contributed by atoms with Crippen LogP contribution in [0.4, 0.5) is 8.78 Å². The van der Waals surface area contributed by atoms with Crippen molar-refractivity contribution in [3.63, 3.8) is 0 Å². The second kappa shape index (κ2) is 6.57. The number of rotatable bonds is 3. The normalized spacial score (nSPS) is 12.3. The molecule has 0 radical (unpaired) electrons. The minimum absolute atomic E-state index is 0.216. The second-order valence-electron chi connectivity index (χ2n) is 5.77. The summed E-state index contributed by atoms with van der Waals surface area (Å²) in [6.45, 7) is 0. The summed E-state index contributed by atoms with van der Waals surface area (Å²) in [5, 5.41) is 11.4. The third kappa shape index (κ3) is 2.91. The van der Waals surface area contributed by atoms with Gasteiger partial charge >= 0.3 is 0 Å². The third-order valence-electron chi connectivity index (χ3n) is 4.12. The first kappa shape index (κ1) is 16.2. The monoisotopic (exact) mass is 349 g/mol. The summed E-state index contributed by atoms with van der Waals surface area (Å²) in [5.74, 6) is -1.99. The van der Waals surface area contributed by atoms with Crippen LogP contribution in [-0.2, 0) is 0 Å². The van der Waals surface area contributed by atoms with Crippen LogP contribution in [0.5, 0.6) is 0 Å². The Labute approximate surface area is 147 Å².